The minimum absolute atomic E-state index is 0.627. The number of benzene rings is 2. The Hall–Kier alpha value is -2.32. The van der Waals surface area contributed by atoms with Gasteiger partial charge in [-0.2, -0.15) is 5.26 Å². The molecule has 0 fully saturated rings. The molecule has 0 aliphatic carbocycles. The topological polar surface area (TPSA) is 28.1 Å². The standard InChI is InChI=1S/C12H6N2/c1-14-12-5-4-10-6-9(8-13)2-3-11(10)7-12/h2-7H. The average Bonchev–Trinajstić information content (AvgIpc) is 2.27. The van der Waals surface area contributed by atoms with E-state index in [1.165, 1.54) is 0 Å². The lowest BCUT2D eigenvalue weighted by Gasteiger charge is -1.98. The van der Waals surface area contributed by atoms with Crippen LogP contribution in [0.25, 0.3) is 15.6 Å². The molecule has 64 valence electrons. The van der Waals surface area contributed by atoms with Crippen molar-refractivity contribution in [3.63, 3.8) is 0 Å². The summed E-state index contributed by atoms with van der Waals surface area (Å²) in [5, 5.41) is 10.7. The molecule has 0 heterocycles. The van der Waals surface area contributed by atoms with Crippen molar-refractivity contribution < 1.29 is 0 Å². The molecule has 0 saturated heterocycles. The van der Waals surface area contributed by atoms with Crippen LogP contribution in [-0.4, -0.2) is 0 Å². The Labute approximate surface area is 81.8 Å². The van der Waals surface area contributed by atoms with Gasteiger partial charge in [0, 0.05) is 0 Å². The van der Waals surface area contributed by atoms with Crippen LogP contribution in [0.2, 0.25) is 0 Å². The molecule has 2 heteroatoms. The van der Waals surface area contributed by atoms with Gasteiger partial charge in [-0.3, -0.25) is 0 Å². The van der Waals surface area contributed by atoms with E-state index in [4.69, 9.17) is 11.8 Å². The maximum absolute atomic E-state index is 8.70. The van der Waals surface area contributed by atoms with Crippen LogP contribution in [0.15, 0.2) is 36.4 Å². The summed E-state index contributed by atoms with van der Waals surface area (Å²) in [5.41, 5.74) is 1.27. The molecule has 0 aromatic heterocycles. The lowest BCUT2D eigenvalue weighted by molar-refractivity contribution is 1.50. The van der Waals surface area contributed by atoms with Crippen LogP contribution < -0.4 is 0 Å². The van der Waals surface area contributed by atoms with Crippen LogP contribution in [0.4, 0.5) is 5.69 Å². The first-order chi connectivity index (χ1) is 6.83. The molecule has 0 aliphatic rings. The van der Waals surface area contributed by atoms with Crippen molar-refractivity contribution in [3.8, 4) is 6.07 Å². The van der Waals surface area contributed by atoms with Crippen molar-refractivity contribution in [1.82, 2.24) is 0 Å². The Morgan fingerprint density at radius 3 is 2.50 bits per heavy atom. The molecule has 0 bridgehead atoms. The Balaban J connectivity index is 2.72. The minimum Gasteiger partial charge on any atom is -0.238 e. The van der Waals surface area contributed by atoms with E-state index < -0.39 is 0 Å². The average molecular weight is 178 g/mol. The summed E-state index contributed by atoms with van der Waals surface area (Å²) in [5.74, 6) is 0. The van der Waals surface area contributed by atoms with Crippen LogP contribution in [0, 0.1) is 17.9 Å². The number of fused-ring (bicyclic) bond motifs is 1. The van der Waals surface area contributed by atoms with Gasteiger partial charge < -0.3 is 0 Å². The molecule has 0 aliphatic heterocycles. The van der Waals surface area contributed by atoms with Crippen LogP contribution in [-0.2, 0) is 0 Å². The third-order valence-corrected chi connectivity index (χ3v) is 2.08. The molecule has 0 unspecified atom stereocenters. The Morgan fingerprint density at radius 1 is 1.07 bits per heavy atom. The SMILES string of the molecule is [C-]#[N+]c1ccc2cc(C#N)ccc2c1. The van der Waals surface area contributed by atoms with Crippen LogP contribution in [0.1, 0.15) is 5.56 Å². The van der Waals surface area contributed by atoms with Crippen molar-refractivity contribution in [2.75, 3.05) is 0 Å². The predicted octanol–water partition coefficient (Wildman–Crippen LogP) is 3.26. The van der Waals surface area contributed by atoms with Crippen molar-refractivity contribution in [3.05, 3.63) is 53.4 Å². The van der Waals surface area contributed by atoms with E-state index in [1.807, 2.05) is 24.3 Å². The van der Waals surface area contributed by atoms with Gasteiger partial charge in [0.25, 0.3) is 0 Å². The van der Waals surface area contributed by atoms with Gasteiger partial charge in [-0.1, -0.05) is 18.2 Å². The van der Waals surface area contributed by atoms with Gasteiger partial charge >= 0.3 is 0 Å². The van der Waals surface area contributed by atoms with Crippen molar-refractivity contribution in [1.29, 1.82) is 5.26 Å². The summed E-state index contributed by atoms with van der Waals surface area (Å²) in [7, 11) is 0. The molecule has 0 amide bonds. The molecule has 0 radical (unpaired) electrons. The van der Waals surface area contributed by atoms with E-state index in [2.05, 4.69) is 10.9 Å². The predicted molar refractivity (Wildman–Crippen MR) is 54.9 cm³/mol. The number of nitriles is 1. The lowest BCUT2D eigenvalue weighted by atomic mass is 10.1. The molecule has 2 rings (SSSR count). The Kier molecular flexibility index (Phi) is 1.89. The number of hydrogen-bond donors (Lipinski definition) is 0. The minimum atomic E-state index is 0.627. The summed E-state index contributed by atoms with van der Waals surface area (Å²) in [4.78, 5) is 3.35. The summed E-state index contributed by atoms with van der Waals surface area (Å²) >= 11 is 0. The third-order valence-electron chi connectivity index (χ3n) is 2.08. The maximum Gasteiger partial charge on any atom is 0.187 e. The monoisotopic (exact) mass is 178 g/mol. The quantitative estimate of drug-likeness (QED) is 0.569. The first kappa shape index (κ1) is 8.29. The fourth-order valence-electron chi connectivity index (χ4n) is 1.37. The highest BCUT2D eigenvalue weighted by atomic mass is 14.6. The van der Waals surface area contributed by atoms with Crippen LogP contribution >= 0.6 is 0 Å². The largest absolute Gasteiger partial charge is 0.238 e. The lowest BCUT2D eigenvalue weighted by Crippen LogP contribution is -1.75. The molecule has 2 nitrogen and oxygen atoms in total. The molecule has 0 atom stereocenters. The second kappa shape index (κ2) is 3.20. The van der Waals surface area contributed by atoms with Gasteiger partial charge in [0.2, 0.25) is 0 Å². The molecule has 0 saturated carbocycles. The van der Waals surface area contributed by atoms with Gasteiger partial charge in [0.15, 0.2) is 5.69 Å². The van der Waals surface area contributed by atoms with Gasteiger partial charge in [0.1, 0.15) is 0 Å². The van der Waals surface area contributed by atoms with E-state index in [-0.39, 0.29) is 0 Å². The van der Waals surface area contributed by atoms with Crippen molar-refractivity contribution in [2.24, 2.45) is 0 Å². The molecule has 0 N–H and O–H groups in total. The van der Waals surface area contributed by atoms with E-state index in [0.29, 0.717) is 11.3 Å². The van der Waals surface area contributed by atoms with E-state index in [0.717, 1.165) is 10.8 Å². The van der Waals surface area contributed by atoms with Crippen molar-refractivity contribution in [2.45, 2.75) is 0 Å². The second-order valence-corrected chi connectivity index (χ2v) is 2.97. The number of hydrogen-bond acceptors (Lipinski definition) is 1. The van der Waals surface area contributed by atoms with Gasteiger partial charge in [-0.15, -0.1) is 0 Å². The zero-order valence-electron chi connectivity index (χ0n) is 7.36. The fraction of sp³-hybridized carbons (Fsp3) is 0. The first-order valence-corrected chi connectivity index (χ1v) is 4.15. The Morgan fingerprint density at radius 2 is 1.79 bits per heavy atom. The molecule has 14 heavy (non-hydrogen) atoms. The highest BCUT2D eigenvalue weighted by molar-refractivity contribution is 5.86. The normalized spacial score (nSPS) is 9.29. The van der Waals surface area contributed by atoms with Crippen molar-refractivity contribution >= 4 is 16.5 Å². The zero-order chi connectivity index (χ0) is 9.97. The summed E-state index contributed by atoms with van der Waals surface area (Å²) in [6, 6.07) is 13.0. The number of rotatable bonds is 0. The Bertz CT molecular complexity index is 518. The van der Waals surface area contributed by atoms with Gasteiger partial charge in [-0.25, -0.2) is 4.85 Å². The highest BCUT2D eigenvalue weighted by Crippen LogP contribution is 2.21. The highest BCUT2D eigenvalue weighted by Gasteiger charge is 1.97. The van der Waals surface area contributed by atoms with E-state index in [1.54, 1.807) is 12.1 Å². The molecule has 0 spiro atoms. The summed E-state index contributed by atoms with van der Waals surface area (Å²) in [6.45, 7) is 6.87. The first-order valence-electron chi connectivity index (χ1n) is 4.15. The molecular weight excluding hydrogens is 172 g/mol. The van der Waals surface area contributed by atoms with E-state index in [9.17, 15) is 0 Å². The van der Waals surface area contributed by atoms with E-state index >= 15 is 0 Å². The summed E-state index contributed by atoms with van der Waals surface area (Å²) < 4.78 is 0. The number of nitrogens with zero attached hydrogens (tertiary/aromatic N) is 2. The molecule has 2 aromatic carbocycles. The van der Waals surface area contributed by atoms with Crippen LogP contribution in [0.5, 0.6) is 0 Å². The fourth-order valence-corrected chi connectivity index (χ4v) is 1.37. The smallest absolute Gasteiger partial charge is 0.187 e. The maximum atomic E-state index is 8.70. The molecule has 2 aromatic rings. The summed E-state index contributed by atoms with van der Waals surface area (Å²) in [6.07, 6.45) is 0. The molecular formula is C12H6N2. The third kappa shape index (κ3) is 1.30. The van der Waals surface area contributed by atoms with Gasteiger partial charge in [0.05, 0.1) is 18.2 Å². The van der Waals surface area contributed by atoms with Crippen LogP contribution in [0.3, 0.4) is 0 Å². The zero-order valence-corrected chi connectivity index (χ0v) is 7.36. The second-order valence-electron chi connectivity index (χ2n) is 2.97. The van der Waals surface area contributed by atoms with Gasteiger partial charge in [-0.05, 0) is 29.0 Å².